The number of ether oxygens (including phenoxy) is 3. The molecular formula is C26H33FN6O5. The van der Waals surface area contributed by atoms with E-state index in [-0.39, 0.29) is 18.5 Å². The van der Waals surface area contributed by atoms with E-state index >= 15 is 4.39 Å². The molecule has 0 spiro atoms. The minimum atomic E-state index is -0.939. The van der Waals surface area contributed by atoms with Crippen LogP contribution in [-0.2, 0) is 31.3 Å². The third-order valence-electron chi connectivity index (χ3n) is 6.33. The molecule has 0 radical (unpaired) electrons. The maximum Gasteiger partial charge on any atom is 0.414 e. The molecule has 2 aliphatic heterocycles. The lowest BCUT2D eigenvalue weighted by Gasteiger charge is -2.39. The number of nitrogens with two attached hydrogens (primary N) is 1. The van der Waals surface area contributed by atoms with Gasteiger partial charge >= 0.3 is 6.09 Å². The van der Waals surface area contributed by atoms with E-state index in [1.54, 1.807) is 18.3 Å². The van der Waals surface area contributed by atoms with E-state index in [2.05, 4.69) is 10.1 Å². The monoisotopic (exact) mass is 528 g/mol. The molecule has 0 aliphatic carbocycles. The second kappa shape index (κ2) is 11.7. The molecule has 1 aromatic heterocycles. The first-order chi connectivity index (χ1) is 18.2. The summed E-state index contributed by atoms with van der Waals surface area (Å²) in [6.45, 7) is 5.35. The lowest BCUT2D eigenvalue weighted by atomic mass is 9.93. The quantitative estimate of drug-likeness (QED) is 0.268. The van der Waals surface area contributed by atoms with Gasteiger partial charge in [-0.15, -0.1) is 0 Å². The number of amides is 1. The number of nitrogens with one attached hydrogen (secondary N) is 2. The van der Waals surface area contributed by atoms with Gasteiger partial charge in [-0.05, 0) is 39.2 Å². The number of nitrogens with zero attached hydrogens (tertiary/aromatic N) is 3. The van der Waals surface area contributed by atoms with Crippen molar-refractivity contribution in [3.8, 4) is 11.1 Å². The summed E-state index contributed by atoms with van der Waals surface area (Å²) in [4.78, 5) is 23.3. The molecular weight excluding hydrogens is 495 g/mol. The molecule has 38 heavy (non-hydrogen) atoms. The minimum absolute atomic E-state index is 0.168. The molecule has 0 saturated carbocycles. The van der Waals surface area contributed by atoms with Crippen LogP contribution in [-0.4, -0.2) is 55.8 Å². The fourth-order valence-corrected chi connectivity index (χ4v) is 4.43. The van der Waals surface area contributed by atoms with E-state index in [0.29, 0.717) is 36.6 Å². The van der Waals surface area contributed by atoms with Crippen LogP contribution in [0.2, 0.25) is 0 Å². The van der Waals surface area contributed by atoms with E-state index < -0.39 is 23.5 Å². The summed E-state index contributed by atoms with van der Waals surface area (Å²) >= 11 is 0. The number of anilines is 1. The summed E-state index contributed by atoms with van der Waals surface area (Å²) in [7, 11) is 1.51. The van der Waals surface area contributed by atoms with Crippen LogP contribution in [0.3, 0.4) is 0 Å². The molecule has 1 atom stereocenters. The maximum atomic E-state index is 15.5. The first kappa shape index (κ1) is 27.3. The minimum Gasteiger partial charge on any atom is -0.444 e. The molecule has 4 rings (SSSR count). The van der Waals surface area contributed by atoms with Gasteiger partial charge in [-0.25, -0.2) is 14.2 Å². The number of hydrogen-bond acceptors (Lipinski definition) is 9. The normalized spacial score (nSPS) is 17.4. The molecule has 1 unspecified atom stereocenters. The van der Waals surface area contributed by atoms with E-state index in [4.69, 9.17) is 35.2 Å². The standard InChI is InChI=1S/C26H33FN6O5/c1-26(2,38-21-9-4-5-10-36-21)20-11-17(12-30-23(20)33-13-18(14-33)32-35-3)19-8-6-7-16(22(19)27)15-37-25(34)31-24(28)29/h6-8,11-12,21H,4-5,9-10,13-15H2,1-3H3,(H4,28,29,31,34). The molecule has 3 heterocycles. The Bertz CT molecular complexity index is 1210. The lowest BCUT2D eigenvalue weighted by Crippen LogP contribution is -2.49. The van der Waals surface area contributed by atoms with Gasteiger partial charge in [-0.3, -0.25) is 10.7 Å². The molecule has 4 N–H and O–H groups in total. The fourth-order valence-electron chi connectivity index (χ4n) is 4.43. The largest absolute Gasteiger partial charge is 0.444 e. The number of carbonyl (C=O) groups excluding carboxylic acids is 1. The van der Waals surface area contributed by atoms with Gasteiger partial charge < -0.3 is 29.7 Å². The highest BCUT2D eigenvalue weighted by Crippen LogP contribution is 2.38. The Hall–Kier alpha value is -3.77. The van der Waals surface area contributed by atoms with E-state index in [9.17, 15) is 4.79 Å². The van der Waals surface area contributed by atoms with Crippen molar-refractivity contribution in [2.45, 2.75) is 51.6 Å². The average molecular weight is 529 g/mol. The van der Waals surface area contributed by atoms with Gasteiger partial charge in [0.25, 0.3) is 0 Å². The van der Waals surface area contributed by atoms with Crippen LogP contribution < -0.4 is 16.0 Å². The topological polar surface area (TPSA) is 144 Å². The maximum absolute atomic E-state index is 15.5. The number of halogens is 1. The lowest BCUT2D eigenvalue weighted by molar-refractivity contribution is -0.218. The van der Waals surface area contributed by atoms with E-state index in [1.165, 1.54) is 13.2 Å². The van der Waals surface area contributed by atoms with Crippen LogP contribution in [0.15, 0.2) is 35.6 Å². The predicted octanol–water partition coefficient (Wildman–Crippen LogP) is 3.61. The SMILES string of the molecule is CON=C1CN(c2ncc(-c3cccc(COC(=O)NC(=N)N)c3F)cc2C(C)(C)OC2CCCCO2)C1. The van der Waals surface area contributed by atoms with Gasteiger partial charge in [-0.1, -0.05) is 23.4 Å². The number of benzene rings is 1. The van der Waals surface area contributed by atoms with E-state index in [1.807, 2.05) is 25.2 Å². The fraction of sp³-hybridized carbons (Fsp3) is 0.462. The van der Waals surface area contributed by atoms with Crippen LogP contribution >= 0.6 is 0 Å². The highest BCUT2D eigenvalue weighted by molar-refractivity contribution is 5.99. The summed E-state index contributed by atoms with van der Waals surface area (Å²) < 4.78 is 32.8. The van der Waals surface area contributed by atoms with Crippen LogP contribution in [0.5, 0.6) is 0 Å². The Balaban J connectivity index is 1.64. The number of hydrogen-bond donors (Lipinski definition) is 3. The highest BCUT2D eigenvalue weighted by Gasteiger charge is 2.35. The van der Waals surface area contributed by atoms with Gasteiger partial charge in [0.1, 0.15) is 25.4 Å². The van der Waals surface area contributed by atoms with Crippen LogP contribution in [0, 0.1) is 11.2 Å². The summed E-state index contributed by atoms with van der Waals surface area (Å²) in [6, 6.07) is 6.71. The molecule has 2 saturated heterocycles. The Labute approximate surface area is 220 Å². The zero-order chi connectivity index (χ0) is 27.3. The van der Waals surface area contributed by atoms with Crippen molar-refractivity contribution in [1.29, 1.82) is 5.41 Å². The van der Waals surface area contributed by atoms with Crippen molar-refractivity contribution in [3.63, 3.8) is 0 Å². The first-order valence-electron chi connectivity index (χ1n) is 12.4. The highest BCUT2D eigenvalue weighted by atomic mass is 19.1. The molecule has 12 heteroatoms. The molecule has 204 valence electrons. The number of guanidine groups is 1. The van der Waals surface area contributed by atoms with Crippen molar-refractivity contribution >= 4 is 23.6 Å². The zero-order valence-corrected chi connectivity index (χ0v) is 21.8. The van der Waals surface area contributed by atoms with Crippen molar-refractivity contribution in [1.82, 2.24) is 10.3 Å². The third-order valence-corrected chi connectivity index (χ3v) is 6.33. The predicted molar refractivity (Wildman–Crippen MR) is 139 cm³/mol. The van der Waals surface area contributed by atoms with Crippen molar-refractivity contribution in [2.24, 2.45) is 10.9 Å². The average Bonchev–Trinajstić information content (AvgIpc) is 2.85. The summed E-state index contributed by atoms with van der Waals surface area (Å²) in [6.07, 6.45) is 3.17. The molecule has 2 aromatic rings. The Morgan fingerprint density at radius 1 is 1.37 bits per heavy atom. The first-order valence-corrected chi connectivity index (χ1v) is 12.4. The van der Waals surface area contributed by atoms with Gasteiger partial charge in [0.15, 0.2) is 12.2 Å². The zero-order valence-electron chi connectivity index (χ0n) is 21.8. The summed E-state index contributed by atoms with van der Waals surface area (Å²) in [5.74, 6) is -0.393. The number of alkyl carbamates (subject to hydrolysis) is 1. The molecule has 1 amide bonds. The van der Waals surface area contributed by atoms with Gasteiger partial charge in [0, 0.05) is 35.1 Å². The van der Waals surface area contributed by atoms with Crippen LogP contribution in [0.4, 0.5) is 15.0 Å². The number of pyridine rings is 1. The molecule has 2 fully saturated rings. The van der Waals surface area contributed by atoms with Gasteiger partial charge in [-0.2, -0.15) is 0 Å². The Morgan fingerprint density at radius 3 is 2.84 bits per heavy atom. The smallest absolute Gasteiger partial charge is 0.414 e. The Kier molecular flexibility index (Phi) is 8.42. The van der Waals surface area contributed by atoms with Gasteiger partial charge in [0.05, 0.1) is 24.4 Å². The molecule has 2 aliphatic rings. The number of rotatable bonds is 8. The number of oxime groups is 1. The number of aromatic nitrogens is 1. The second-order valence-electron chi connectivity index (χ2n) is 9.61. The third kappa shape index (κ3) is 6.37. The van der Waals surface area contributed by atoms with Crippen molar-refractivity contribution in [3.05, 3.63) is 47.4 Å². The van der Waals surface area contributed by atoms with Crippen molar-refractivity contribution in [2.75, 3.05) is 31.7 Å². The van der Waals surface area contributed by atoms with Crippen LogP contribution in [0.25, 0.3) is 11.1 Å². The molecule has 1 aromatic carbocycles. The molecule has 11 nitrogen and oxygen atoms in total. The second-order valence-corrected chi connectivity index (χ2v) is 9.61. The van der Waals surface area contributed by atoms with E-state index in [0.717, 1.165) is 30.5 Å². The number of carbonyl (C=O) groups is 1. The van der Waals surface area contributed by atoms with Crippen molar-refractivity contribution < 1.29 is 28.2 Å². The van der Waals surface area contributed by atoms with Gasteiger partial charge in [0.2, 0.25) is 0 Å². The summed E-state index contributed by atoms with van der Waals surface area (Å²) in [5.41, 5.74) is 7.02. The molecule has 0 bridgehead atoms. The Morgan fingerprint density at radius 2 is 2.16 bits per heavy atom. The summed E-state index contributed by atoms with van der Waals surface area (Å²) in [5, 5.41) is 13.1. The van der Waals surface area contributed by atoms with Crippen LogP contribution in [0.1, 0.15) is 44.2 Å².